The van der Waals surface area contributed by atoms with Crippen LogP contribution in [0.3, 0.4) is 0 Å². The lowest BCUT2D eigenvalue weighted by molar-refractivity contribution is 0.413. The number of nitrogens with two attached hydrogens (primary N) is 1. The standard InChI is InChI=1S/C12H13BrIN3O/c1-2-3-10(15)11-16-12(18-17-11)8-6-7(14)4-5-9(8)13/h4-6,10H,2-3,15H2,1H3. The van der Waals surface area contributed by atoms with Crippen molar-refractivity contribution >= 4 is 38.5 Å². The van der Waals surface area contributed by atoms with Gasteiger partial charge in [0.1, 0.15) is 0 Å². The second-order valence-corrected chi connectivity index (χ2v) is 6.08. The van der Waals surface area contributed by atoms with Gasteiger partial charge in [-0.3, -0.25) is 0 Å². The summed E-state index contributed by atoms with van der Waals surface area (Å²) in [5.41, 5.74) is 6.86. The Morgan fingerprint density at radius 3 is 3.00 bits per heavy atom. The Kier molecular flexibility index (Phi) is 4.74. The SMILES string of the molecule is CCCC(N)c1noc(-c2cc(I)ccc2Br)n1. The maximum Gasteiger partial charge on any atom is 0.259 e. The van der Waals surface area contributed by atoms with E-state index in [9.17, 15) is 0 Å². The zero-order valence-corrected chi connectivity index (χ0v) is 13.6. The van der Waals surface area contributed by atoms with Crippen LogP contribution in [0.25, 0.3) is 11.5 Å². The number of hydrogen-bond acceptors (Lipinski definition) is 4. The van der Waals surface area contributed by atoms with Crippen molar-refractivity contribution < 1.29 is 4.52 Å². The fourth-order valence-corrected chi connectivity index (χ4v) is 2.50. The average molecular weight is 422 g/mol. The molecule has 0 fully saturated rings. The van der Waals surface area contributed by atoms with Crippen LogP contribution in [0.1, 0.15) is 31.6 Å². The smallest absolute Gasteiger partial charge is 0.259 e. The normalized spacial score (nSPS) is 12.7. The van der Waals surface area contributed by atoms with Crippen LogP contribution in [0.15, 0.2) is 27.2 Å². The molecule has 4 nitrogen and oxygen atoms in total. The highest BCUT2D eigenvalue weighted by atomic mass is 127. The van der Waals surface area contributed by atoms with E-state index in [2.05, 4.69) is 55.6 Å². The number of nitrogens with zero attached hydrogens (tertiary/aromatic N) is 2. The van der Waals surface area contributed by atoms with Crippen LogP contribution in [-0.2, 0) is 0 Å². The molecule has 0 saturated heterocycles. The second-order valence-electron chi connectivity index (χ2n) is 3.98. The minimum Gasteiger partial charge on any atom is -0.334 e. The Balaban J connectivity index is 2.32. The van der Waals surface area contributed by atoms with Crippen molar-refractivity contribution in [3.8, 4) is 11.5 Å². The summed E-state index contributed by atoms with van der Waals surface area (Å²) < 4.78 is 7.33. The fraction of sp³-hybridized carbons (Fsp3) is 0.333. The first-order valence-corrected chi connectivity index (χ1v) is 7.53. The molecular weight excluding hydrogens is 409 g/mol. The predicted octanol–water partition coefficient (Wildman–Crippen LogP) is 3.90. The van der Waals surface area contributed by atoms with Gasteiger partial charge < -0.3 is 10.3 Å². The van der Waals surface area contributed by atoms with E-state index in [1.807, 2.05) is 18.2 Å². The molecule has 2 aromatic rings. The van der Waals surface area contributed by atoms with Crippen molar-refractivity contribution in [1.82, 2.24) is 10.1 Å². The van der Waals surface area contributed by atoms with Crippen molar-refractivity contribution in [2.75, 3.05) is 0 Å². The first kappa shape index (κ1) is 14.0. The van der Waals surface area contributed by atoms with E-state index in [-0.39, 0.29) is 6.04 Å². The Morgan fingerprint density at radius 1 is 1.50 bits per heavy atom. The molecule has 1 unspecified atom stereocenters. The van der Waals surface area contributed by atoms with Crippen molar-refractivity contribution in [2.24, 2.45) is 5.73 Å². The van der Waals surface area contributed by atoms with Crippen molar-refractivity contribution in [1.29, 1.82) is 0 Å². The summed E-state index contributed by atoms with van der Waals surface area (Å²) in [5, 5.41) is 3.95. The molecule has 0 radical (unpaired) electrons. The Bertz CT molecular complexity index is 544. The minimum atomic E-state index is -0.158. The zero-order valence-electron chi connectivity index (χ0n) is 9.86. The van der Waals surface area contributed by atoms with Gasteiger partial charge in [0, 0.05) is 8.04 Å². The molecule has 1 aromatic carbocycles. The van der Waals surface area contributed by atoms with Crippen molar-refractivity contribution in [3.63, 3.8) is 0 Å². The number of aromatic nitrogens is 2. The van der Waals surface area contributed by atoms with Crippen LogP contribution < -0.4 is 5.73 Å². The molecule has 0 saturated carbocycles. The Hall–Kier alpha value is -0.470. The van der Waals surface area contributed by atoms with Gasteiger partial charge in [0.15, 0.2) is 5.82 Å². The summed E-state index contributed by atoms with van der Waals surface area (Å²) in [4.78, 5) is 4.36. The molecular formula is C12H13BrIN3O. The largest absolute Gasteiger partial charge is 0.334 e. The van der Waals surface area contributed by atoms with Gasteiger partial charge in [0.2, 0.25) is 0 Å². The maximum absolute atomic E-state index is 5.97. The van der Waals surface area contributed by atoms with E-state index in [4.69, 9.17) is 10.3 Å². The molecule has 96 valence electrons. The maximum atomic E-state index is 5.97. The van der Waals surface area contributed by atoms with Crippen LogP contribution in [0, 0.1) is 3.57 Å². The lowest BCUT2D eigenvalue weighted by Crippen LogP contribution is -2.11. The summed E-state index contributed by atoms with van der Waals surface area (Å²) in [7, 11) is 0. The molecule has 0 aliphatic rings. The third kappa shape index (κ3) is 3.10. The van der Waals surface area contributed by atoms with Gasteiger partial charge in [0.25, 0.3) is 5.89 Å². The highest BCUT2D eigenvalue weighted by molar-refractivity contribution is 14.1. The molecule has 0 bridgehead atoms. The van der Waals surface area contributed by atoms with Crippen molar-refractivity contribution in [2.45, 2.75) is 25.8 Å². The van der Waals surface area contributed by atoms with Crippen LogP contribution >= 0.6 is 38.5 Å². The van der Waals surface area contributed by atoms with Gasteiger partial charge in [-0.2, -0.15) is 4.98 Å². The van der Waals surface area contributed by atoms with E-state index < -0.39 is 0 Å². The lowest BCUT2D eigenvalue weighted by Gasteiger charge is -2.02. The average Bonchev–Trinajstić information content (AvgIpc) is 2.82. The molecule has 1 aromatic heterocycles. The van der Waals surface area contributed by atoms with Crippen molar-refractivity contribution in [3.05, 3.63) is 32.1 Å². The van der Waals surface area contributed by atoms with Crippen LogP contribution in [0.5, 0.6) is 0 Å². The summed E-state index contributed by atoms with van der Waals surface area (Å²) in [6.07, 6.45) is 1.85. The van der Waals surface area contributed by atoms with E-state index in [1.165, 1.54) is 0 Å². The number of benzene rings is 1. The second kappa shape index (κ2) is 6.12. The molecule has 0 spiro atoms. The van der Waals surface area contributed by atoms with E-state index >= 15 is 0 Å². The lowest BCUT2D eigenvalue weighted by atomic mass is 10.2. The van der Waals surface area contributed by atoms with Crippen LogP contribution in [0.4, 0.5) is 0 Å². The van der Waals surface area contributed by atoms with E-state index in [0.717, 1.165) is 26.4 Å². The van der Waals surface area contributed by atoms with E-state index in [1.54, 1.807) is 0 Å². The molecule has 0 aliphatic heterocycles. The quantitative estimate of drug-likeness (QED) is 0.760. The van der Waals surface area contributed by atoms with Crippen LogP contribution in [0.2, 0.25) is 0 Å². The monoisotopic (exact) mass is 421 g/mol. The number of hydrogen-bond donors (Lipinski definition) is 1. The highest BCUT2D eigenvalue weighted by Crippen LogP contribution is 2.29. The third-order valence-corrected chi connectivity index (χ3v) is 3.89. The Morgan fingerprint density at radius 2 is 2.28 bits per heavy atom. The van der Waals surface area contributed by atoms with Gasteiger partial charge in [-0.1, -0.05) is 18.5 Å². The van der Waals surface area contributed by atoms with Gasteiger partial charge in [0.05, 0.1) is 11.6 Å². The topological polar surface area (TPSA) is 64.9 Å². The first-order valence-electron chi connectivity index (χ1n) is 5.66. The van der Waals surface area contributed by atoms with Gasteiger partial charge >= 0.3 is 0 Å². The zero-order chi connectivity index (χ0) is 13.1. The molecule has 2 rings (SSSR count). The Labute approximate surface area is 128 Å². The molecule has 1 heterocycles. The highest BCUT2D eigenvalue weighted by Gasteiger charge is 2.16. The molecule has 0 amide bonds. The number of rotatable bonds is 4. The van der Waals surface area contributed by atoms with E-state index in [0.29, 0.717) is 11.7 Å². The number of halogens is 2. The predicted molar refractivity (Wildman–Crippen MR) is 82.0 cm³/mol. The molecule has 2 N–H and O–H groups in total. The van der Waals surface area contributed by atoms with Gasteiger partial charge in [-0.05, 0) is 63.1 Å². The third-order valence-electron chi connectivity index (χ3n) is 2.53. The summed E-state index contributed by atoms with van der Waals surface area (Å²) in [5.74, 6) is 1.07. The van der Waals surface area contributed by atoms with Crippen LogP contribution in [-0.4, -0.2) is 10.1 Å². The first-order chi connectivity index (χ1) is 8.61. The molecule has 18 heavy (non-hydrogen) atoms. The van der Waals surface area contributed by atoms with Gasteiger partial charge in [-0.15, -0.1) is 0 Å². The summed E-state index contributed by atoms with van der Waals surface area (Å²) in [6, 6.07) is 5.81. The molecule has 0 aliphatic carbocycles. The minimum absolute atomic E-state index is 0.158. The fourth-order valence-electron chi connectivity index (χ4n) is 1.60. The summed E-state index contributed by atoms with van der Waals surface area (Å²) in [6.45, 7) is 2.08. The molecule has 1 atom stereocenters. The summed E-state index contributed by atoms with van der Waals surface area (Å²) >= 11 is 5.73. The molecule has 6 heteroatoms. The van der Waals surface area contributed by atoms with Gasteiger partial charge in [-0.25, -0.2) is 0 Å².